The van der Waals surface area contributed by atoms with Gasteiger partial charge in [0.2, 0.25) is 5.13 Å². The molecule has 1 aromatic rings. The second-order valence-corrected chi connectivity index (χ2v) is 4.70. The first kappa shape index (κ1) is 10.4. The summed E-state index contributed by atoms with van der Waals surface area (Å²) in [6, 6.07) is 0.322. The molecule has 1 heterocycles. The van der Waals surface area contributed by atoms with E-state index in [-0.39, 0.29) is 5.96 Å². The van der Waals surface area contributed by atoms with Crippen molar-refractivity contribution in [1.29, 1.82) is 0 Å². The van der Waals surface area contributed by atoms with Crippen molar-refractivity contribution < 1.29 is 0 Å². The normalized spacial score (nSPS) is 25.4. The van der Waals surface area contributed by atoms with Crippen LogP contribution in [0.3, 0.4) is 0 Å². The molecule has 1 aliphatic carbocycles. The molecule has 0 aromatic carbocycles. The van der Waals surface area contributed by atoms with Crippen LogP contribution in [0.4, 0.5) is 5.13 Å². The van der Waals surface area contributed by atoms with E-state index in [2.05, 4.69) is 9.98 Å². The van der Waals surface area contributed by atoms with E-state index in [0.717, 1.165) is 25.0 Å². The smallest absolute Gasteiger partial charge is 0.212 e. The second kappa shape index (κ2) is 4.16. The standard InChI is InChI=1S/C9H15N5S/c10-6-2-1-5(3-6)7-4-15-9(13-7)14-8(11)12/h4-6H,1-3,10H2,(H4,11,12,13,14). The van der Waals surface area contributed by atoms with Crippen LogP contribution in [0.15, 0.2) is 10.4 Å². The molecule has 0 radical (unpaired) electrons. The van der Waals surface area contributed by atoms with Crippen molar-refractivity contribution in [3.8, 4) is 0 Å². The Morgan fingerprint density at radius 2 is 2.27 bits per heavy atom. The van der Waals surface area contributed by atoms with Gasteiger partial charge in [0, 0.05) is 17.3 Å². The van der Waals surface area contributed by atoms with Gasteiger partial charge in [-0.3, -0.25) is 0 Å². The second-order valence-electron chi connectivity index (χ2n) is 3.86. The molecule has 1 aromatic heterocycles. The Hall–Kier alpha value is -1.14. The summed E-state index contributed by atoms with van der Waals surface area (Å²) >= 11 is 1.47. The van der Waals surface area contributed by atoms with Crippen molar-refractivity contribution in [1.82, 2.24) is 4.98 Å². The molecule has 5 nitrogen and oxygen atoms in total. The van der Waals surface area contributed by atoms with Crippen LogP contribution in [0, 0.1) is 0 Å². The molecule has 0 bridgehead atoms. The van der Waals surface area contributed by atoms with Crippen LogP contribution >= 0.6 is 11.3 Å². The number of aromatic nitrogens is 1. The Balaban J connectivity index is 2.10. The maximum atomic E-state index is 5.86. The summed E-state index contributed by atoms with van der Waals surface area (Å²) in [6.45, 7) is 0. The third-order valence-electron chi connectivity index (χ3n) is 2.63. The Bertz CT molecular complexity index is 368. The number of aliphatic imine (C=N–C) groups is 1. The van der Waals surface area contributed by atoms with E-state index in [4.69, 9.17) is 17.2 Å². The monoisotopic (exact) mass is 225 g/mol. The lowest BCUT2D eigenvalue weighted by Gasteiger charge is -2.04. The number of hydrogen-bond acceptors (Lipinski definition) is 4. The Morgan fingerprint density at radius 1 is 1.47 bits per heavy atom. The van der Waals surface area contributed by atoms with E-state index in [9.17, 15) is 0 Å². The molecule has 6 N–H and O–H groups in total. The lowest BCUT2D eigenvalue weighted by atomic mass is 10.1. The molecule has 82 valence electrons. The van der Waals surface area contributed by atoms with Gasteiger partial charge in [-0.1, -0.05) is 0 Å². The zero-order valence-corrected chi connectivity index (χ0v) is 9.20. The van der Waals surface area contributed by atoms with E-state index in [1.54, 1.807) is 0 Å². The van der Waals surface area contributed by atoms with E-state index >= 15 is 0 Å². The van der Waals surface area contributed by atoms with Crippen LogP contribution in [0.5, 0.6) is 0 Å². The summed E-state index contributed by atoms with van der Waals surface area (Å²) in [5, 5.41) is 2.65. The number of guanidine groups is 1. The number of rotatable bonds is 2. The van der Waals surface area contributed by atoms with Gasteiger partial charge >= 0.3 is 0 Å². The third-order valence-corrected chi connectivity index (χ3v) is 3.38. The fraction of sp³-hybridized carbons (Fsp3) is 0.556. The summed E-state index contributed by atoms with van der Waals surface area (Å²) < 4.78 is 0. The van der Waals surface area contributed by atoms with E-state index in [1.807, 2.05) is 5.38 Å². The molecule has 0 spiro atoms. The molecule has 15 heavy (non-hydrogen) atoms. The fourth-order valence-electron chi connectivity index (χ4n) is 1.91. The first-order valence-electron chi connectivity index (χ1n) is 4.96. The van der Waals surface area contributed by atoms with E-state index in [1.165, 1.54) is 11.3 Å². The van der Waals surface area contributed by atoms with E-state index < -0.39 is 0 Å². The maximum Gasteiger partial charge on any atom is 0.212 e. The Labute approximate surface area is 92.4 Å². The van der Waals surface area contributed by atoms with Gasteiger partial charge < -0.3 is 17.2 Å². The SMILES string of the molecule is NC(N)=Nc1nc(C2CCC(N)C2)cs1. The minimum Gasteiger partial charge on any atom is -0.370 e. The highest BCUT2D eigenvalue weighted by atomic mass is 32.1. The summed E-state index contributed by atoms with van der Waals surface area (Å²) in [4.78, 5) is 8.30. The molecule has 1 fully saturated rings. The van der Waals surface area contributed by atoms with Crippen molar-refractivity contribution in [2.75, 3.05) is 0 Å². The van der Waals surface area contributed by atoms with Gasteiger partial charge in [-0.2, -0.15) is 4.99 Å². The molecule has 2 atom stereocenters. The fourth-order valence-corrected chi connectivity index (χ4v) is 2.70. The van der Waals surface area contributed by atoms with Gasteiger partial charge in [0.05, 0.1) is 5.69 Å². The Morgan fingerprint density at radius 3 is 2.87 bits per heavy atom. The zero-order chi connectivity index (χ0) is 10.8. The van der Waals surface area contributed by atoms with Crippen LogP contribution in [-0.4, -0.2) is 17.0 Å². The van der Waals surface area contributed by atoms with Crippen LogP contribution in [0.2, 0.25) is 0 Å². The lowest BCUT2D eigenvalue weighted by molar-refractivity contribution is 0.665. The molecule has 1 aliphatic rings. The third kappa shape index (κ3) is 2.45. The molecule has 6 heteroatoms. The van der Waals surface area contributed by atoms with Crippen molar-refractivity contribution in [2.24, 2.45) is 22.2 Å². The lowest BCUT2D eigenvalue weighted by Crippen LogP contribution is -2.21. The summed E-state index contributed by atoms with van der Waals surface area (Å²) in [5.41, 5.74) is 17.5. The highest BCUT2D eigenvalue weighted by Gasteiger charge is 2.24. The Kier molecular flexibility index (Phi) is 2.88. The molecule has 0 aliphatic heterocycles. The molecule has 2 rings (SSSR count). The number of nitrogens with two attached hydrogens (primary N) is 3. The van der Waals surface area contributed by atoms with Crippen LogP contribution < -0.4 is 17.2 Å². The highest BCUT2D eigenvalue weighted by molar-refractivity contribution is 7.13. The van der Waals surface area contributed by atoms with Crippen LogP contribution in [-0.2, 0) is 0 Å². The predicted octanol–water partition coefficient (Wildman–Crippen LogP) is 0.643. The van der Waals surface area contributed by atoms with Gasteiger partial charge in [0.1, 0.15) is 0 Å². The molecule has 2 unspecified atom stereocenters. The minimum absolute atomic E-state index is 0.0547. The summed E-state index contributed by atoms with van der Waals surface area (Å²) in [5.74, 6) is 0.540. The van der Waals surface area contributed by atoms with Crippen molar-refractivity contribution in [2.45, 2.75) is 31.2 Å². The average Bonchev–Trinajstić information content (AvgIpc) is 2.72. The summed E-state index contributed by atoms with van der Waals surface area (Å²) in [7, 11) is 0. The first-order valence-corrected chi connectivity index (χ1v) is 5.83. The topological polar surface area (TPSA) is 103 Å². The highest BCUT2D eigenvalue weighted by Crippen LogP contribution is 2.35. The number of thiazole rings is 1. The van der Waals surface area contributed by atoms with Crippen molar-refractivity contribution in [3.05, 3.63) is 11.1 Å². The van der Waals surface area contributed by atoms with Crippen molar-refractivity contribution in [3.63, 3.8) is 0 Å². The average molecular weight is 225 g/mol. The van der Waals surface area contributed by atoms with Gasteiger partial charge in [-0.05, 0) is 19.3 Å². The van der Waals surface area contributed by atoms with Gasteiger partial charge in [-0.15, -0.1) is 11.3 Å². The largest absolute Gasteiger partial charge is 0.370 e. The molecular formula is C9H15N5S. The molecule has 0 saturated heterocycles. The number of hydrogen-bond donors (Lipinski definition) is 3. The van der Waals surface area contributed by atoms with E-state index in [0.29, 0.717) is 17.1 Å². The first-order chi connectivity index (χ1) is 7.15. The van der Waals surface area contributed by atoms with Crippen molar-refractivity contribution >= 4 is 22.4 Å². The van der Waals surface area contributed by atoms with Gasteiger partial charge in [0.15, 0.2) is 5.96 Å². The zero-order valence-electron chi connectivity index (χ0n) is 8.39. The molecule has 0 amide bonds. The van der Waals surface area contributed by atoms with Crippen LogP contribution in [0.25, 0.3) is 0 Å². The van der Waals surface area contributed by atoms with Crippen LogP contribution in [0.1, 0.15) is 30.9 Å². The van der Waals surface area contributed by atoms with Gasteiger partial charge in [0.25, 0.3) is 0 Å². The van der Waals surface area contributed by atoms with Gasteiger partial charge in [-0.25, -0.2) is 4.98 Å². The summed E-state index contributed by atoms with van der Waals surface area (Å²) in [6.07, 6.45) is 3.22. The predicted molar refractivity (Wildman–Crippen MR) is 62.2 cm³/mol. The number of nitrogens with zero attached hydrogens (tertiary/aromatic N) is 2. The molecule has 1 saturated carbocycles. The quantitative estimate of drug-likeness (QED) is 0.507. The minimum atomic E-state index is 0.0547. The maximum absolute atomic E-state index is 5.86. The molecular weight excluding hydrogens is 210 g/mol.